The Balaban J connectivity index is 2.00. The standard InChI is InChI=1S/C13H18O/c1-2-11-5-3-4-6-12(11)7-8-13(14)9-10-13/h3-6,14H,2,7-10H2,1H3. The molecule has 1 aliphatic carbocycles. The summed E-state index contributed by atoms with van der Waals surface area (Å²) in [5, 5.41) is 9.75. The van der Waals surface area contributed by atoms with Crippen LogP contribution in [0.1, 0.15) is 37.3 Å². The maximum Gasteiger partial charge on any atom is 0.0653 e. The molecule has 1 nitrogen and oxygen atoms in total. The van der Waals surface area contributed by atoms with Crippen LogP contribution in [0.3, 0.4) is 0 Å². The number of rotatable bonds is 4. The Morgan fingerprint density at radius 2 is 1.86 bits per heavy atom. The van der Waals surface area contributed by atoms with Crippen LogP contribution in [-0.4, -0.2) is 10.7 Å². The summed E-state index contributed by atoms with van der Waals surface area (Å²) in [5.41, 5.74) is 2.54. The van der Waals surface area contributed by atoms with Crippen molar-refractivity contribution in [1.29, 1.82) is 0 Å². The Bertz CT molecular complexity index is 313. The zero-order valence-electron chi connectivity index (χ0n) is 8.79. The zero-order valence-corrected chi connectivity index (χ0v) is 8.79. The van der Waals surface area contributed by atoms with Gasteiger partial charge in [0.05, 0.1) is 5.60 Å². The quantitative estimate of drug-likeness (QED) is 0.774. The van der Waals surface area contributed by atoms with Gasteiger partial charge in [0.25, 0.3) is 0 Å². The number of aryl methyl sites for hydroxylation is 2. The van der Waals surface area contributed by atoms with Crippen LogP contribution in [0.4, 0.5) is 0 Å². The van der Waals surface area contributed by atoms with E-state index in [1.165, 1.54) is 11.1 Å². The molecular formula is C13H18O. The number of aliphatic hydroxyl groups is 1. The van der Waals surface area contributed by atoms with Gasteiger partial charge in [0.1, 0.15) is 0 Å². The van der Waals surface area contributed by atoms with Gasteiger partial charge in [-0.2, -0.15) is 0 Å². The summed E-state index contributed by atoms with van der Waals surface area (Å²) >= 11 is 0. The molecule has 0 spiro atoms. The Morgan fingerprint density at radius 3 is 2.43 bits per heavy atom. The van der Waals surface area contributed by atoms with Crippen molar-refractivity contribution in [3.63, 3.8) is 0 Å². The molecule has 1 aromatic carbocycles. The van der Waals surface area contributed by atoms with Crippen LogP contribution in [0.15, 0.2) is 24.3 Å². The number of hydrogen-bond donors (Lipinski definition) is 1. The maximum absolute atomic E-state index is 9.75. The van der Waals surface area contributed by atoms with Gasteiger partial charge >= 0.3 is 0 Å². The smallest absolute Gasteiger partial charge is 0.0653 e. The van der Waals surface area contributed by atoms with E-state index in [-0.39, 0.29) is 5.60 Å². The van der Waals surface area contributed by atoms with Gasteiger partial charge in [0.2, 0.25) is 0 Å². The molecule has 1 N–H and O–H groups in total. The SMILES string of the molecule is CCc1ccccc1CCC1(O)CC1. The molecule has 0 bridgehead atoms. The molecule has 2 rings (SSSR count). The van der Waals surface area contributed by atoms with Gasteiger partial charge in [-0.05, 0) is 43.2 Å². The van der Waals surface area contributed by atoms with Crippen molar-refractivity contribution >= 4 is 0 Å². The molecule has 0 radical (unpaired) electrons. The first-order valence-electron chi connectivity index (χ1n) is 5.53. The molecule has 0 aliphatic heterocycles. The summed E-state index contributed by atoms with van der Waals surface area (Å²) in [6, 6.07) is 8.55. The second-order valence-electron chi connectivity index (χ2n) is 4.35. The van der Waals surface area contributed by atoms with E-state index < -0.39 is 0 Å². The van der Waals surface area contributed by atoms with E-state index >= 15 is 0 Å². The highest BCUT2D eigenvalue weighted by Crippen LogP contribution is 2.39. The van der Waals surface area contributed by atoms with E-state index in [1.807, 2.05) is 0 Å². The highest BCUT2D eigenvalue weighted by atomic mass is 16.3. The first-order valence-corrected chi connectivity index (χ1v) is 5.53. The van der Waals surface area contributed by atoms with Gasteiger partial charge in [-0.15, -0.1) is 0 Å². The average Bonchev–Trinajstić information content (AvgIpc) is 2.95. The minimum Gasteiger partial charge on any atom is -0.390 e. The monoisotopic (exact) mass is 190 g/mol. The molecule has 1 heteroatoms. The minimum absolute atomic E-state index is 0.305. The van der Waals surface area contributed by atoms with Crippen molar-refractivity contribution in [3.8, 4) is 0 Å². The maximum atomic E-state index is 9.75. The largest absolute Gasteiger partial charge is 0.390 e. The first kappa shape index (κ1) is 9.72. The van der Waals surface area contributed by atoms with Gasteiger partial charge < -0.3 is 5.11 Å². The Labute approximate surface area is 85.8 Å². The van der Waals surface area contributed by atoms with Crippen LogP contribution in [0.5, 0.6) is 0 Å². The summed E-state index contributed by atoms with van der Waals surface area (Å²) < 4.78 is 0. The van der Waals surface area contributed by atoms with Crippen molar-refractivity contribution in [2.75, 3.05) is 0 Å². The lowest BCUT2D eigenvalue weighted by Crippen LogP contribution is -2.08. The van der Waals surface area contributed by atoms with E-state index in [9.17, 15) is 5.11 Å². The lowest BCUT2D eigenvalue weighted by molar-refractivity contribution is 0.140. The fourth-order valence-electron chi connectivity index (χ4n) is 1.91. The Kier molecular flexibility index (Phi) is 2.60. The summed E-state index contributed by atoms with van der Waals surface area (Å²) in [7, 11) is 0. The van der Waals surface area contributed by atoms with Crippen molar-refractivity contribution in [3.05, 3.63) is 35.4 Å². The molecule has 1 aromatic rings. The van der Waals surface area contributed by atoms with E-state index in [1.54, 1.807) is 0 Å². The number of hydrogen-bond acceptors (Lipinski definition) is 1. The normalized spacial score (nSPS) is 18.1. The summed E-state index contributed by atoms with van der Waals surface area (Å²) in [5.74, 6) is 0. The molecule has 1 saturated carbocycles. The van der Waals surface area contributed by atoms with Crippen molar-refractivity contribution in [2.45, 2.75) is 44.6 Å². The van der Waals surface area contributed by atoms with Crippen molar-refractivity contribution < 1.29 is 5.11 Å². The number of benzene rings is 1. The Morgan fingerprint density at radius 1 is 1.21 bits per heavy atom. The molecule has 14 heavy (non-hydrogen) atoms. The van der Waals surface area contributed by atoms with Gasteiger partial charge in [0, 0.05) is 0 Å². The van der Waals surface area contributed by atoms with Gasteiger partial charge in [-0.25, -0.2) is 0 Å². The van der Waals surface area contributed by atoms with E-state index in [0.717, 1.165) is 32.1 Å². The van der Waals surface area contributed by atoms with Crippen LogP contribution >= 0.6 is 0 Å². The molecular weight excluding hydrogens is 172 g/mol. The lowest BCUT2D eigenvalue weighted by atomic mass is 9.99. The van der Waals surface area contributed by atoms with Crippen LogP contribution in [-0.2, 0) is 12.8 Å². The predicted molar refractivity (Wildman–Crippen MR) is 58.3 cm³/mol. The molecule has 0 saturated heterocycles. The second-order valence-corrected chi connectivity index (χ2v) is 4.35. The third-order valence-electron chi connectivity index (χ3n) is 3.19. The second kappa shape index (κ2) is 3.74. The van der Waals surface area contributed by atoms with Gasteiger partial charge in [-0.3, -0.25) is 0 Å². The van der Waals surface area contributed by atoms with E-state index in [0.29, 0.717) is 0 Å². The third-order valence-corrected chi connectivity index (χ3v) is 3.19. The molecule has 76 valence electrons. The lowest BCUT2D eigenvalue weighted by Gasteiger charge is -2.10. The molecule has 0 unspecified atom stereocenters. The van der Waals surface area contributed by atoms with Gasteiger partial charge in [-0.1, -0.05) is 31.2 Å². The fraction of sp³-hybridized carbons (Fsp3) is 0.538. The van der Waals surface area contributed by atoms with E-state index in [4.69, 9.17) is 0 Å². The van der Waals surface area contributed by atoms with Gasteiger partial charge in [0.15, 0.2) is 0 Å². The molecule has 1 fully saturated rings. The van der Waals surface area contributed by atoms with Crippen molar-refractivity contribution in [2.24, 2.45) is 0 Å². The molecule has 0 aromatic heterocycles. The topological polar surface area (TPSA) is 20.2 Å². The van der Waals surface area contributed by atoms with Crippen LogP contribution < -0.4 is 0 Å². The highest BCUT2D eigenvalue weighted by molar-refractivity contribution is 5.27. The molecule has 0 atom stereocenters. The Hall–Kier alpha value is -0.820. The van der Waals surface area contributed by atoms with E-state index in [2.05, 4.69) is 31.2 Å². The molecule has 0 heterocycles. The summed E-state index contributed by atoms with van der Waals surface area (Å²) in [6.45, 7) is 2.19. The molecule has 0 amide bonds. The zero-order chi connectivity index (χ0) is 10.0. The third kappa shape index (κ3) is 2.16. The first-order chi connectivity index (χ1) is 6.73. The average molecular weight is 190 g/mol. The van der Waals surface area contributed by atoms with Crippen LogP contribution in [0, 0.1) is 0 Å². The highest BCUT2D eigenvalue weighted by Gasteiger charge is 2.39. The van der Waals surface area contributed by atoms with Crippen LogP contribution in [0.25, 0.3) is 0 Å². The van der Waals surface area contributed by atoms with Crippen molar-refractivity contribution in [1.82, 2.24) is 0 Å². The summed E-state index contributed by atoms with van der Waals surface area (Å²) in [4.78, 5) is 0. The fourth-order valence-corrected chi connectivity index (χ4v) is 1.91. The van der Waals surface area contributed by atoms with Crippen LogP contribution in [0.2, 0.25) is 0 Å². The summed E-state index contributed by atoms with van der Waals surface area (Å²) in [6.07, 6.45) is 5.06. The predicted octanol–water partition coefficient (Wildman–Crippen LogP) is 2.71. The molecule has 1 aliphatic rings. The minimum atomic E-state index is -0.305.